The SMILES string of the molecule is O=C(O)C(C(=O)O)(C(=O)O)c1ccccc1[N+](=O)[O-]. The molecule has 0 atom stereocenters. The number of nitro benzene ring substituents is 1. The Morgan fingerprint density at radius 2 is 1.42 bits per heavy atom. The first-order valence-corrected chi connectivity index (χ1v) is 4.70. The van der Waals surface area contributed by atoms with Crippen molar-refractivity contribution >= 4 is 23.6 Å². The van der Waals surface area contributed by atoms with Crippen molar-refractivity contribution in [2.45, 2.75) is 5.41 Å². The highest BCUT2D eigenvalue weighted by molar-refractivity contribution is 6.23. The predicted molar refractivity (Wildman–Crippen MR) is 57.7 cm³/mol. The zero-order valence-corrected chi connectivity index (χ0v) is 9.14. The molecule has 0 fully saturated rings. The maximum absolute atomic E-state index is 11.1. The third-order valence-electron chi connectivity index (χ3n) is 2.47. The fourth-order valence-electron chi connectivity index (χ4n) is 1.57. The Morgan fingerprint density at radius 1 is 1.00 bits per heavy atom. The summed E-state index contributed by atoms with van der Waals surface area (Å²) < 4.78 is 0. The fraction of sp³-hybridized carbons (Fsp3) is 0.100. The molecule has 3 N–H and O–H groups in total. The molecule has 0 bridgehead atoms. The van der Waals surface area contributed by atoms with Crippen molar-refractivity contribution in [3.8, 4) is 0 Å². The highest BCUT2D eigenvalue weighted by atomic mass is 16.6. The lowest BCUT2D eigenvalue weighted by Gasteiger charge is -2.20. The van der Waals surface area contributed by atoms with E-state index in [1.54, 1.807) is 0 Å². The number of rotatable bonds is 5. The largest absolute Gasteiger partial charge is 0.480 e. The molecular weight excluding hydrogens is 262 g/mol. The third-order valence-corrected chi connectivity index (χ3v) is 2.47. The van der Waals surface area contributed by atoms with Crippen LogP contribution in [0.25, 0.3) is 0 Å². The number of carbonyl (C=O) groups is 3. The number of para-hydroxylation sites is 1. The molecule has 0 radical (unpaired) electrons. The molecule has 0 saturated heterocycles. The van der Waals surface area contributed by atoms with Gasteiger partial charge in [-0.3, -0.25) is 10.1 Å². The maximum Gasteiger partial charge on any atom is 0.337 e. The van der Waals surface area contributed by atoms with Gasteiger partial charge >= 0.3 is 17.9 Å². The topological polar surface area (TPSA) is 155 Å². The van der Waals surface area contributed by atoms with Crippen LogP contribution in [0.1, 0.15) is 5.56 Å². The molecule has 0 heterocycles. The van der Waals surface area contributed by atoms with Crippen molar-refractivity contribution in [1.29, 1.82) is 0 Å². The average molecular weight is 269 g/mol. The Balaban J connectivity index is 3.78. The first-order chi connectivity index (χ1) is 8.76. The molecule has 100 valence electrons. The second-order valence-corrected chi connectivity index (χ2v) is 3.44. The van der Waals surface area contributed by atoms with Gasteiger partial charge in [-0.1, -0.05) is 12.1 Å². The smallest absolute Gasteiger partial charge is 0.337 e. The van der Waals surface area contributed by atoms with Gasteiger partial charge in [0.2, 0.25) is 0 Å². The molecule has 0 amide bonds. The molecule has 0 aromatic heterocycles. The standard InChI is InChI=1S/C10H7NO8/c12-7(13)10(8(14)15,9(16)17)5-3-1-2-4-6(5)11(18)19/h1-4H,(H,12,13)(H,14,15)(H,16,17). The first-order valence-electron chi connectivity index (χ1n) is 4.70. The molecule has 19 heavy (non-hydrogen) atoms. The minimum absolute atomic E-state index is 0.786. The van der Waals surface area contributed by atoms with Crippen molar-refractivity contribution in [1.82, 2.24) is 0 Å². The summed E-state index contributed by atoms with van der Waals surface area (Å²) in [7, 11) is 0. The van der Waals surface area contributed by atoms with Crippen LogP contribution in [0.15, 0.2) is 24.3 Å². The zero-order valence-electron chi connectivity index (χ0n) is 9.14. The van der Waals surface area contributed by atoms with Crippen LogP contribution in [0.5, 0.6) is 0 Å². The molecular formula is C10H7NO8. The number of hydrogen-bond acceptors (Lipinski definition) is 5. The van der Waals surface area contributed by atoms with Gasteiger partial charge in [-0.05, 0) is 6.07 Å². The van der Waals surface area contributed by atoms with Gasteiger partial charge in [0, 0.05) is 6.07 Å². The quantitative estimate of drug-likeness (QED) is 0.385. The number of carboxylic acids is 3. The number of benzene rings is 1. The van der Waals surface area contributed by atoms with Crippen molar-refractivity contribution in [2.24, 2.45) is 0 Å². The van der Waals surface area contributed by atoms with Gasteiger partial charge in [0.25, 0.3) is 11.1 Å². The summed E-state index contributed by atoms with van der Waals surface area (Å²) in [5.41, 5.74) is -5.24. The average Bonchev–Trinajstić information content (AvgIpc) is 2.28. The summed E-state index contributed by atoms with van der Waals surface area (Å²) in [5.74, 6) is -6.66. The number of aliphatic carboxylic acids is 3. The second-order valence-electron chi connectivity index (χ2n) is 3.44. The van der Waals surface area contributed by atoms with Crippen LogP contribution in [0.4, 0.5) is 5.69 Å². The minimum atomic E-state index is -3.43. The lowest BCUT2D eigenvalue weighted by molar-refractivity contribution is -0.385. The van der Waals surface area contributed by atoms with E-state index in [1.165, 1.54) is 0 Å². The molecule has 0 unspecified atom stereocenters. The Hall–Kier alpha value is -2.97. The highest BCUT2D eigenvalue weighted by Gasteiger charge is 2.59. The molecule has 9 heteroatoms. The molecule has 9 nitrogen and oxygen atoms in total. The normalized spacial score (nSPS) is 10.7. The Morgan fingerprint density at radius 3 is 1.79 bits per heavy atom. The van der Waals surface area contributed by atoms with E-state index in [2.05, 4.69) is 0 Å². The monoisotopic (exact) mass is 269 g/mol. The van der Waals surface area contributed by atoms with Crippen molar-refractivity contribution in [2.75, 3.05) is 0 Å². The number of nitro groups is 1. The van der Waals surface area contributed by atoms with E-state index >= 15 is 0 Å². The van der Waals surface area contributed by atoms with Gasteiger partial charge in [0.05, 0.1) is 10.5 Å². The Labute approximate surface area is 104 Å². The van der Waals surface area contributed by atoms with Crippen LogP contribution in [-0.4, -0.2) is 38.2 Å². The lowest BCUT2D eigenvalue weighted by Crippen LogP contribution is -2.50. The molecule has 1 rings (SSSR count). The van der Waals surface area contributed by atoms with E-state index in [0.717, 1.165) is 24.3 Å². The summed E-state index contributed by atoms with van der Waals surface area (Å²) in [6.45, 7) is 0. The predicted octanol–water partition coefficient (Wildman–Crippen LogP) is 0.0864. The fourth-order valence-corrected chi connectivity index (χ4v) is 1.57. The minimum Gasteiger partial charge on any atom is -0.480 e. The molecule has 0 saturated carbocycles. The van der Waals surface area contributed by atoms with Crippen molar-refractivity contribution < 1.29 is 34.6 Å². The van der Waals surface area contributed by atoms with Gasteiger partial charge in [0.1, 0.15) is 0 Å². The molecule has 1 aromatic carbocycles. The summed E-state index contributed by atoms with van der Waals surface area (Å²) in [5, 5.41) is 37.6. The van der Waals surface area contributed by atoms with E-state index in [1.807, 2.05) is 0 Å². The van der Waals surface area contributed by atoms with Crippen LogP contribution >= 0.6 is 0 Å². The molecule has 0 aliphatic carbocycles. The van der Waals surface area contributed by atoms with Gasteiger partial charge in [-0.15, -0.1) is 0 Å². The first kappa shape index (κ1) is 14.1. The van der Waals surface area contributed by atoms with Crippen molar-refractivity contribution in [3.63, 3.8) is 0 Å². The molecule has 1 aromatic rings. The number of hydrogen-bond donors (Lipinski definition) is 3. The third kappa shape index (κ3) is 1.97. The van der Waals surface area contributed by atoms with Crippen LogP contribution in [0, 0.1) is 10.1 Å². The van der Waals surface area contributed by atoms with Crippen LogP contribution < -0.4 is 0 Å². The maximum atomic E-state index is 11.1. The lowest BCUT2D eigenvalue weighted by atomic mass is 9.79. The van der Waals surface area contributed by atoms with E-state index in [0.29, 0.717) is 0 Å². The van der Waals surface area contributed by atoms with E-state index in [4.69, 9.17) is 15.3 Å². The van der Waals surface area contributed by atoms with Crippen molar-refractivity contribution in [3.05, 3.63) is 39.9 Å². The Kier molecular flexibility index (Phi) is 3.50. The van der Waals surface area contributed by atoms with Gasteiger partial charge in [-0.25, -0.2) is 14.4 Å². The van der Waals surface area contributed by atoms with E-state index in [-0.39, 0.29) is 0 Å². The van der Waals surface area contributed by atoms with Crippen LogP contribution in [0.3, 0.4) is 0 Å². The van der Waals surface area contributed by atoms with Gasteiger partial charge < -0.3 is 15.3 Å². The number of carboxylic acid groups (broad SMARTS) is 3. The summed E-state index contributed by atoms with van der Waals surface area (Å²) in [4.78, 5) is 43.0. The van der Waals surface area contributed by atoms with E-state index in [9.17, 15) is 24.5 Å². The van der Waals surface area contributed by atoms with Gasteiger partial charge in [0.15, 0.2) is 0 Å². The number of nitrogens with zero attached hydrogens (tertiary/aromatic N) is 1. The highest BCUT2D eigenvalue weighted by Crippen LogP contribution is 2.33. The summed E-state index contributed by atoms with van der Waals surface area (Å²) in [6, 6.07) is 3.90. The Bertz CT molecular complexity index is 543. The van der Waals surface area contributed by atoms with Crippen LogP contribution in [0.2, 0.25) is 0 Å². The molecule has 0 aliphatic rings. The molecule has 0 aliphatic heterocycles. The summed E-state index contributed by atoms with van der Waals surface area (Å²) in [6.07, 6.45) is 0. The second kappa shape index (κ2) is 4.72. The van der Waals surface area contributed by atoms with Crippen LogP contribution in [-0.2, 0) is 19.8 Å². The van der Waals surface area contributed by atoms with E-state index < -0.39 is 39.5 Å². The van der Waals surface area contributed by atoms with Gasteiger partial charge in [-0.2, -0.15) is 0 Å². The zero-order chi connectivity index (χ0) is 14.8. The molecule has 0 spiro atoms. The summed E-state index contributed by atoms with van der Waals surface area (Å²) >= 11 is 0.